The van der Waals surface area contributed by atoms with E-state index in [-0.39, 0.29) is 5.78 Å². The summed E-state index contributed by atoms with van der Waals surface area (Å²) in [5.41, 5.74) is 1.60. The van der Waals surface area contributed by atoms with Crippen LogP contribution in [0.5, 0.6) is 5.75 Å². The van der Waals surface area contributed by atoms with E-state index in [4.69, 9.17) is 4.74 Å². The number of fused-ring (bicyclic) bond motifs is 1. The molecule has 1 heterocycles. The van der Waals surface area contributed by atoms with Gasteiger partial charge in [0.25, 0.3) is 0 Å². The molecule has 1 aliphatic rings. The molecular formula is C17H14O3. The third kappa shape index (κ3) is 2.36. The fourth-order valence-electron chi connectivity index (χ4n) is 2.25. The van der Waals surface area contributed by atoms with Crippen LogP contribution in [0.25, 0.3) is 6.08 Å². The molecule has 0 saturated heterocycles. The van der Waals surface area contributed by atoms with Crippen LogP contribution in [0.15, 0.2) is 60.7 Å². The highest BCUT2D eigenvalue weighted by Gasteiger charge is 2.36. The highest BCUT2D eigenvalue weighted by molar-refractivity contribution is 5.98. The smallest absolute Gasteiger partial charge is 0.199 e. The minimum atomic E-state index is -0.904. The van der Waals surface area contributed by atoms with Gasteiger partial charge in [0.2, 0.25) is 0 Å². The van der Waals surface area contributed by atoms with E-state index in [0.29, 0.717) is 11.3 Å². The van der Waals surface area contributed by atoms with Gasteiger partial charge in [-0.1, -0.05) is 54.6 Å². The van der Waals surface area contributed by atoms with Crippen LogP contribution in [0, 0.1) is 0 Å². The quantitative estimate of drug-likeness (QED) is 0.869. The molecule has 0 amide bonds. The summed E-state index contributed by atoms with van der Waals surface area (Å²) in [6.45, 7) is 0. The number of ether oxygens (including phenoxy) is 1. The van der Waals surface area contributed by atoms with Gasteiger partial charge in [-0.2, -0.15) is 0 Å². The lowest BCUT2D eigenvalue weighted by molar-refractivity contribution is -0.124. The number of benzene rings is 2. The molecule has 2 unspecified atom stereocenters. The van der Waals surface area contributed by atoms with Crippen LogP contribution < -0.4 is 4.74 Å². The Labute approximate surface area is 117 Å². The number of carbonyl (C=O) groups is 1. The van der Waals surface area contributed by atoms with Crippen molar-refractivity contribution in [3.63, 3.8) is 0 Å². The van der Waals surface area contributed by atoms with Crippen molar-refractivity contribution in [2.24, 2.45) is 0 Å². The van der Waals surface area contributed by atoms with Gasteiger partial charge in [0.05, 0.1) is 0 Å². The molecule has 2 atom stereocenters. The second-order valence-corrected chi connectivity index (χ2v) is 4.67. The Morgan fingerprint density at radius 1 is 1.05 bits per heavy atom. The van der Waals surface area contributed by atoms with Crippen LogP contribution in [-0.4, -0.2) is 17.0 Å². The Balaban J connectivity index is 1.75. The molecule has 0 saturated carbocycles. The topological polar surface area (TPSA) is 46.5 Å². The van der Waals surface area contributed by atoms with E-state index >= 15 is 0 Å². The molecule has 1 N–H and O–H groups in total. The van der Waals surface area contributed by atoms with Crippen molar-refractivity contribution < 1.29 is 14.6 Å². The molecule has 2 aromatic carbocycles. The number of aliphatic hydroxyl groups excluding tert-OH is 1. The molecule has 0 radical (unpaired) electrons. The summed E-state index contributed by atoms with van der Waals surface area (Å²) >= 11 is 0. The SMILES string of the molecule is O=C(/C=C/c1ccccc1)C1Oc2ccccc2C1O. The average Bonchev–Trinajstić information content (AvgIpc) is 2.84. The Morgan fingerprint density at radius 3 is 2.50 bits per heavy atom. The van der Waals surface area contributed by atoms with Gasteiger partial charge in [0.15, 0.2) is 11.9 Å². The summed E-state index contributed by atoms with van der Waals surface area (Å²) in [6, 6.07) is 16.7. The minimum absolute atomic E-state index is 0.238. The van der Waals surface area contributed by atoms with E-state index in [0.717, 1.165) is 5.56 Å². The molecule has 3 heteroatoms. The van der Waals surface area contributed by atoms with Gasteiger partial charge in [0.1, 0.15) is 11.9 Å². The maximum Gasteiger partial charge on any atom is 0.199 e. The zero-order valence-electron chi connectivity index (χ0n) is 10.8. The van der Waals surface area contributed by atoms with E-state index < -0.39 is 12.2 Å². The predicted molar refractivity (Wildman–Crippen MR) is 76.3 cm³/mol. The molecule has 2 aromatic rings. The number of hydrogen-bond donors (Lipinski definition) is 1. The zero-order chi connectivity index (χ0) is 13.9. The summed E-state index contributed by atoms with van der Waals surface area (Å²) in [4.78, 5) is 12.1. The fourth-order valence-corrected chi connectivity index (χ4v) is 2.25. The lowest BCUT2D eigenvalue weighted by atomic mass is 10.0. The number of carbonyl (C=O) groups excluding carboxylic acids is 1. The molecule has 0 aliphatic carbocycles. The first-order valence-corrected chi connectivity index (χ1v) is 6.46. The van der Waals surface area contributed by atoms with Crippen molar-refractivity contribution in [3.8, 4) is 5.75 Å². The van der Waals surface area contributed by atoms with E-state index in [9.17, 15) is 9.90 Å². The largest absolute Gasteiger partial charge is 0.479 e. The highest BCUT2D eigenvalue weighted by Crippen LogP contribution is 2.36. The van der Waals surface area contributed by atoms with Crippen LogP contribution in [0.4, 0.5) is 0 Å². The third-order valence-corrected chi connectivity index (χ3v) is 3.30. The number of ketones is 1. The van der Waals surface area contributed by atoms with Gasteiger partial charge in [-0.25, -0.2) is 0 Å². The number of hydrogen-bond acceptors (Lipinski definition) is 3. The molecule has 3 rings (SSSR count). The van der Waals surface area contributed by atoms with Gasteiger partial charge in [0, 0.05) is 5.56 Å². The standard InChI is InChI=1S/C17H14O3/c18-14(11-10-12-6-2-1-3-7-12)17-16(19)13-8-4-5-9-15(13)20-17/h1-11,16-17,19H/b11-10+. The third-order valence-electron chi connectivity index (χ3n) is 3.30. The highest BCUT2D eigenvalue weighted by atomic mass is 16.5. The zero-order valence-corrected chi connectivity index (χ0v) is 10.8. The molecule has 0 bridgehead atoms. The van der Waals surface area contributed by atoms with E-state index in [2.05, 4.69) is 0 Å². The Hall–Kier alpha value is -2.39. The molecule has 0 spiro atoms. The van der Waals surface area contributed by atoms with E-state index in [1.165, 1.54) is 6.08 Å². The first-order valence-electron chi connectivity index (χ1n) is 6.46. The fraction of sp³-hybridized carbons (Fsp3) is 0.118. The summed E-state index contributed by atoms with van der Waals surface area (Å²) in [5, 5.41) is 10.1. The van der Waals surface area contributed by atoms with Crippen LogP contribution in [0.3, 0.4) is 0 Å². The molecule has 3 nitrogen and oxygen atoms in total. The molecule has 20 heavy (non-hydrogen) atoms. The summed E-state index contributed by atoms with van der Waals surface area (Å²) < 4.78 is 5.52. The lowest BCUT2D eigenvalue weighted by Gasteiger charge is -2.10. The molecule has 0 fully saturated rings. The average molecular weight is 266 g/mol. The van der Waals surface area contributed by atoms with E-state index in [1.807, 2.05) is 42.5 Å². The molecular weight excluding hydrogens is 252 g/mol. The van der Waals surface area contributed by atoms with Gasteiger partial charge >= 0.3 is 0 Å². The molecule has 1 aliphatic heterocycles. The first-order chi connectivity index (χ1) is 9.75. The second-order valence-electron chi connectivity index (χ2n) is 4.67. The maximum atomic E-state index is 12.1. The first kappa shape index (κ1) is 12.6. The van der Waals surface area contributed by atoms with Gasteiger partial charge in [-0.3, -0.25) is 4.79 Å². The van der Waals surface area contributed by atoms with Crippen LogP contribution in [0.2, 0.25) is 0 Å². The Kier molecular flexibility index (Phi) is 3.35. The summed E-state index contributed by atoms with van der Waals surface area (Å²) in [7, 11) is 0. The van der Waals surface area contributed by atoms with Crippen molar-refractivity contribution in [2.75, 3.05) is 0 Å². The number of aliphatic hydroxyl groups is 1. The predicted octanol–water partition coefficient (Wildman–Crippen LogP) is 2.76. The van der Waals surface area contributed by atoms with Crippen LogP contribution >= 0.6 is 0 Å². The minimum Gasteiger partial charge on any atom is -0.479 e. The van der Waals surface area contributed by atoms with Crippen molar-refractivity contribution in [1.29, 1.82) is 0 Å². The second kappa shape index (κ2) is 5.31. The van der Waals surface area contributed by atoms with Crippen molar-refractivity contribution in [1.82, 2.24) is 0 Å². The van der Waals surface area contributed by atoms with Gasteiger partial charge in [-0.05, 0) is 17.7 Å². The van der Waals surface area contributed by atoms with Crippen molar-refractivity contribution >= 4 is 11.9 Å². The maximum absolute atomic E-state index is 12.1. The summed E-state index contributed by atoms with van der Waals surface area (Å²) in [5.74, 6) is 0.337. The molecule has 0 aromatic heterocycles. The number of rotatable bonds is 3. The van der Waals surface area contributed by atoms with Crippen molar-refractivity contribution in [3.05, 3.63) is 71.8 Å². The Bertz CT molecular complexity index is 646. The van der Waals surface area contributed by atoms with Crippen LogP contribution in [-0.2, 0) is 4.79 Å². The monoisotopic (exact) mass is 266 g/mol. The van der Waals surface area contributed by atoms with Crippen molar-refractivity contribution in [2.45, 2.75) is 12.2 Å². The lowest BCUT2D eigenvalue weighted by Crippen LogP contribution is -2.27. The number of para-hydroxylation sites is 1. The molecule has 100 valence electrons. The van der Waals surface area contributed by atoms with E-state index in [1.54, 1.807) is 18.2 Å². The van der Waals surface area contributed by atoms with Crippen LogP contribution in [0.1, 0.15) is 17.2 Å². The van der Waals surface area contributed by atoms with Gasteiger partial charge < -0.3 is 9.84 Å². The summed E-state index contributed by atoms with van der Waals surface area (Å²) in [6.07, 6.45) is 1.42. The Morgan fingerprint density at radius 2 is 1.75 bits per heavy atom. The normalized spacial score (nSPS) is 20.6. The van der Waals surface area contributed by atoms with Gasteiger partial charge in [-0.15, -0.1) is 0 Å².